The van der Waals surface area contributed by atoms with Gasteiger partial charge in [-0.3, -0.25) is 4.79 Å². The SMILES string of the molecule is CCCOc1ccc(NC(=O)CCCNC(C)C)cc1Cl. The number of rotatable bonds is 9. The number of amides is 1. The van der Waals surface area contributed by atoms with Crippen LogP contribution in [-0.2, 0) is 4.79 Å². The molecule has 0 saturated carbocycles. The van der Waals surface area contributed by atoms with Crippen molar-refractivity contribution in [1.82, 2.24) is 5.32 Å². The maximum absolute atomic E-state index is 11.8. The first-order valence-electron chi connectivity index (χ1n) is 7.48. The lowest BCUT2D eigenvalue weighted by molar-refractivity contribution is -0.116. The summed E-state index contributed by atoms with van der Waals surface area (Å²) in [5.74, 6) is 0.650. The molecule has 0 aliphatic rings. The Morgan fingerprint density at radius 2 is 2.14 bits per heavy atom. The van der Waals surface area contributed by atoms with Gasteiger partial charge in [0.05, 0.1) is 11.6 Å². The molecule has 1 aromatic carbocycles. The summed E-state index contributed by atoms with van der Waals surface area (Å²) in [7, 11) is 0. The molecule has 0 unspecified atom stereocenters. The van der Waals surface area contributed by atoms with Gasteiger partial charge in [0.1, 0.15) is 5.75 Å². The maximum Gasteiger partial charge on any atom is 0.224 e. The average molecular weight is 313 g/mol. The second-order valence-corrected chi connectivity index (χ2v) is 5.66. The molecule has 0 heterocycles. The van der Waals surface area contributed by atoms with Gasteiger partial charge < -0.3 is 15.4 Å². The fraction of sp³-hybridized carbons (Fsp3) is 0.562. The molecule has 0 radical (unpaired) electrons. The highest BCUT2D eigenvalue weighted by molar-refractivity contribution is 6.32. The lowest BCUT2D eigenvalue weighted by atomic mass is 10.2. The van der Waals surface area contributed by atoms with Gasteiger partial charge in [0.15, 0.2) is 0 Å². The zero-order valence-corrected chi connectivity index (χ0v) is 13.8. The van der Waals surface area contributed by atoms with Crippen molar-refractivity contribution in [1.29, 1.82) is 0 Å². The number of hydrogen-bond donors (Lipinski definition) is 2. The summed E-state index contributed by atoms with van der Waals surface area (Å²) in [6.07, 6.45) is 2.24. The fourth-order valence-corrected chi connectivity index (χ4v) is 2.01. The topological polar surface area (TPSA) is 50.4 Å². The molecular formula is C16H25ClN2O2. The largest absolute Gasteiger partial charge is 0.492 e. The van der Waals surface area contributed by atoms with E-state index >= 15 is 0 Å². The predicted molar refractivity (Wildman–Crippen MR) is 88.2 cm³/mol. The van der Waals surface area contributed by atoms with Crippen molar-refractivity contribution >= 4 is 23.2 Å². The third-order valence-corrected chi connectivity index (χ3v) is 3.11. The van der Waals surface area contributed by atoms with Gasteiger partial charge in [-0.15, -0.1) is 0 Å². The fourth-order valence-electron chi connectivity index (χ4n) is 1.77. The van der Waals surface area contributed by atoms with Gasteiger partial charge in [0, 0.05) is 18.2 Å². The first kappa shape index (κ1) is 17.8. The van der Waals surface area contributed by atoms with Crippen LogP contribution in [0.15, 0.2) is 18.2 Å². The quantitative estimate of drug-likeness (QED) is 0.681. The molecule has 0 fully saturated rings. The van der Waals surface area contributed by atoms with Gasteiger partial charge >= 0.3 is 0 Å². The molecule has 0 aromatic heterocycles. The van der Waals surface area contributed by atoms with Gasteiger partial charge in [0.2, 0.25) is 5.91 Å². The second kappa shape index (κ2) is 9.64. The molecular weight excluding hydrogens is 288 g/mol. The van der Waals surface area contributed by atoms with E-state index in [9.17, 15) is 4.79 Å². The Kier molecular flexibility index (Phi) is 8.16. The van der Waals surface area contributed by atoms with Crippen molar-refractivity contribution in [2.45, 2.75) is 46.1 Å². The zero-order valence-electron chi connectivity index (χ0n) is 13.0. The lowest BCUT2D eigenvalue weighted by Gasteiger charge is -2.10. The van der Waals surface area contributed by atoms with Crippen LogP contribution in [0.3, 0.4) is 0 Å². The standard InChI is InChI=1S/C16H25ClN2O2/c1-4-10-21-15-8-7-13(11-14(15)17)19-16(20)6-5-9-18-12(2)3/h7-8,11-12,18H,4-6,9-10H2,1-3H3,(H,19,20). The third-order valence-electron chi connectivity index (χ3n) is 2.81. The Morgan fingerprint density at radius 1 is 1.38 bits per heavy atom. The normalized spacial score (nSPS) is 10.7. The van der Waals surface area contributed by atoms with Crippen LogP contribution in [0.25, 0.3) is 0 Å². The van der Waals surface area contributed by atoms with E-state index in [0.717, 1.165) is 19.4 Å². The molecule has 0 atom stereocenters. The van der Waals surface area contributed by atoms with Crippen molar-refractivity contribution < 1.29 is 9.53 Å². The van der Waals surface area contributed by atoms with Gasteiger partial charge in [-0.2, -0.15) is 0 Å². The highest BCUT2D eigenvalue weighted by Crippen LogP contribution is 2.27. The van der Waals surface area contributed by atoms with E-state index in [2.05, 4.69) is 24.5 Å². The van der Waals surface area contributed by atoms with Crippen molar-refractivity contribution in [3.63, 3.8) is 0 Å². The van der Waals surface area contributed by atoms with Crippen LogP contribution in [0.1, 0.15) is 40.0 Å². The van der Waals surface area contributed by atoms with E-state index in [4.69, 9.17) is 16.3 Å². The number of carbonyl (C=O) groups is 1. The molecule has 0 spiro atoms. The Hall–Kier alpha value is -1.26. The summed E-state index contributed by atoms with van der Waals surface area (Å²) in [6, 6.07) is 5.76. The molecule has 0 bridgehead atoms. The molecule has 0 aliphatic carbocycles. The number of halogens is 1. The maximum atomic E-state index is 11.8. The van der Waals surface area contributed by atoms with Crippen LogP contribution in [0.5, 0.6) is 5.75 Å². The molecule has 21 heavy (non-hydrogen) atoms. The molecule has 1 aromatic rings. The Morgan fingerprint density at radius 3 is 2.76 bits per heavy atom. The Balaban J connectivity index is 2.40. The minimum absolute atomic E-state index is 0.00107. The van der Waals surface area contributed by atoms with Crippen LogP contribution < -0.4 is 15.4 Å². The molecule has 1 amide bonds. The first-order chi connectivity index (χ1) is 10.0. The van der Waals surface area contributed by atoms with Gasteiger partial charge in [0.25, 0.3) is 0 Å². The molecule has 118 valence electrons. The van der Waals surface area contributed by atoms with Crippen LogP contribution >= 0.6 is 11.6 Å². The first-order valence-corrected chi connectivity index (χ1v) is 7.86. The third kappa shape index (κ3) is 7.34. The van der Waals surface area contributed by atoms with Gasteiger partial charge in [-0.05, 0) is 37.6 Å². The van der Waals surface area contributed by atoms with E-state index in [1.54, 1.807) is 18.2 Å². The summed E-state index contributed by atoms with van der Waals surface area (Å²) in [6.45, 7) is 7.69. The highest BCUT2D eigenvalue weighted by Gasteiger charge is 2.06. The minimum Gasteiger partial charge on any atom is -0.492 e. The van der Waals surface area contributed by atoms with Gasteiger partial charge in [-0.25, -0.2) is 0 Å². The summed E-state index contributed by atoms with van der Waals surface area (Å²) >= 11 is 6.12. The summed E-state index contributed by atoms with van der Waals surface area (Å²) in [5.41, 5.74) is 0.700. The van der Waals surface area contributed by atoms with Crippen molar-refractivity contribution in [3.05, 3.63) is 23.2 Å². The number of anilines is 1. The van der Waals surface area contributed by atoms with E-state index in [1.165, 1.54) is 0 Å². The lowest BCUT2D eigenvalue weighted by Crippen LogP contribution is -2.24. The molecule has 0 aliphatic heterocycles. The highest BCUT2D eigenvalue weighted by atomic mass is 35.5. The monoisotopic (exact) mass is 312 g/mol. The molecule has 0 saturated heterocycles. The van der Waals surface area contributed by atoms with Gasteiger partial charge in [-0.1, -0.05) is 32.4 Å². The van der Waals surface area contributed by atoms with E-state index in [0.29, 0.717) is 35.5 Å². The summed E-state index contributed by atoms with van der Waals surface area (Å²) in [4.78, 5) is 11.8. The molecule has 2 N–H and O–H groups in total. The molecule has 1 rings (SSSR count). The number of benzene rings is 1. The number of nitrogens with one attached hydrogen (secondary N) is 2. The zero-order chi connectivity index (χ0) is 15.7. The Bertz CT molecular complexity index is 450. The predicted octanol–water partition coefficient (Wildman–Crippen LogP) is 3.85. The van der Waals surface area contributed by atoms with Crippen molar-refractivity contribution in [3.8, 4) is 5.75 Å². The summed E-state index contributed by atoms with van der Waals surface area (Å²) < 4.78 is 5.49. The number of carbonyl (C=O) groups excluding carboxylic acids is 1. The Labute approximate surface area is 132 Å². The van der Waals surface area contributed by atoms with Crippen molar-refractivity contribution in [2.75, 3.05) is 18.5 Å². The van der Waals surface area contributed by atoms with E-state index < -0.39 is 0 Å². The molecule has 5 heteroatoms. The van der Waals surface area contributed by atoms with Crippen LogP contribution in [-0.4, -0.2) is 25.1 Å². The van der Waals surface area contributed by atoms with Crippen LogP contribution in [0.2, 0.25) is 5.02 Å². The second-order valence-electron chi connectivity index (χ2n) is 5.25. The smallest absolute Gasteiger partial charge is 0.224 e. The number of ether oxygens (including phenoxy) is 1. The number of hydrogen-bond acceptors (Lipinski definition) is 3. The van der Waals surface area contributed by atoms with E-state index in [-0.39, 0.29) is 5.91 Å². The van der Waals surface area contributed by atoms with Crippen LogP contribution in [0, 0.1) is 0 Å². The average Bonchev–Trinajstić information content (AvgIpc) is 2.42. The van der Waals surface area contributed by atoms with Crippen LogP contribution in [0.4, 0.5) is 5.69 Å². The summed E-state index contributed by atoms with van der Waals surface area (Å²) in [5, 5.41) is 6.65. The molecule has 4 nitrogen and oxygen atoms in total. The minimum atomic E-state index is -0.00107. The van der Waals surface area contributed by atoms with Crippen molar-refractivity contribution in [2.24, 2.45) is 0 Å². The van der Waals surface area contributed by atoms with E-state index in [1.807, 2.05) is 6.92 Å².